The van der Waals surface area contributed by atoms with Gasteiger partial charge in [-0.2, -0.15) is 0 Å². The second-order valence-corrected chi connectivity index (χ2v) is 7.49. The summed E-state index contributed by atoms with van der Waals surface area (Å²) < 4.78 is 0. The van der Waals surface area contributed by atoms with Gasteiger partial charge in [-0.15, -0.1) is 11.8 Å². The molecule has 0 spiro atoms. The van der Waals surface area contributed by atoms with Crippen LogP contribution in [0.2, 0.25) is 0 Å². The van der Waals surface area contributed by atoms with Crippen molar-refractivity contribution in [3.63, 3.8) is 0 Å². The Morgan fingerprint density at radius 3 is 2.78 bits per heavy atom. The van der Waals surface area contributed by atoms with E-state index in [1.807, 2.05) is 28.0 Å². The fourth-order valence-electron chi connectivity index (χ4n) is 3.20. The molecular formula is C18H24N2O2S. The Morgan fingerprint density at radius 1 is 1.26 bits per heavy atom. The van der Waals surface area contributed by atoms with Gasteiger partial charge in [0.1, 0.15) is 0 Å². The maximum absolute atomic E-state index is 12.3. The van der Waals surface area contributed by atoms with Gasteiger partial charge in [0.15, 0.2) is 0 Å². The maximum Gasteiger partial charge on any atom is 0.237 e. The Kier molecular flexibility index (Phi) is 5.26. The number of thioether (sulfide) groups is 1. The van der Waals surface area contributed by atoms with Crippen molar-refractivity contribution in [2.45, 2.75) is 37.5 Å². The zero-order valence-electron chi connectivity index (χ0n) is 13.7. The van der Waals surface area contributed by atoms with Crippen molar-refractivity contribution >= 4 is 29.3 Å². The van der Waals surface area contributed by atoms with Crippen LogP contribution in [0, 0.1) is 5.92 Å². The normalized spacial score (nSPS) is 18.9. The molecule has 0 atom stereocenters. The van der Waals surface area contributed by atoms with E-state index in [1.165, 1.54) is 0 Å². The summed E-state index contributed by atoms with van der Waals surface area (Å²) in [5.41, 5.74) is 0.994. The molecule has 0 aromatic heterocycles. The SMILES string of the molecule is CC1CCN(C(=O)CCCN2C(=O)CSc3ccccc32)CC1. The number of amides is 2. The van der Waals surface area contributed by atoms with Crippen LogP contribution in [0.1, 0.15) is 32.6 Å². The molecule has 0 radical (unpaired) electrons. The number of anilines is 1. The van der Waals surface area contributed by atoms with Crippen LogP contribution < -0.4 is 4.90 Å². The number of piperidine rings is 1. The maximum atomic E-state index is 12.3. The molecule has 1 fully saturated rings. The van der Waals surface area contributed by atoms with E-state index >= 15 is 0 Å². The summed E-state index contributed by atoms with van der Waals surface area (Å²) in [4.78, 5) is 29.5. The van der Waals surface area contributed by atoms with Gasteiger partial charge in [0.05, 0.1) is 11.4 Å². The van der Waals surface area contributed by atoms with Gasteiger partial charge in [-0.05, 0) is 37.3 Å². The third-order valence-electron chi connectivity index (χ3n) is 4.72. The number of nitrogens with zero attached hydrogens (tertiary/aromatic N) is 2. The van der Waals surface area contributed by atoms with Crippen molar-refractivity contribution in [3.05, 3.63) is 24.3 Å². The van der Waals surface area contributed by atoms with E-state index in [2.05, 4.69) is 13.0 Å². The topological polar surface area (TPSA) is 40.6 Å². The highest BCUT2D eigenvalue weighted by Gasteiger charge is 2.25. The number of para-hydroxylation sites is 1. The predicted molar refractivity (Wildman–Crippen MR) is 93.7 cm³/mol. The first-order valence-electron chi connectivity index (χ1n) is 8.45. The summed E-state index contributed by atoms with van der Waals surface area (Å²) in [5.74, 6) is 1.62. The van der Waals surface area contributed by atoms with Gasteiger partial charge in [-0.3, -0.25) is 9.59 Å². The molecule has 23 heavy (non-hydrogen) atoms. The second-order valence-electron chi connectivity index (χ2n) is 6.47. The summed E-state index contributed by atoms with van der Waals surface area (Å²) in [6.45, 7) is 4.66. The van der Waals surface area contributed by atoms with Gasteiger partial charge in [0, 0.05) is 31.0 Å². The highest BCUT2D eigenvalue weighted by molar-refractivity contribution is 8.00. The molecule has 2 aliphatic heterocycles. The molecule has 0 aliphatic carbocycles. The van der Waals surface area contributed by atoms with Gasteiger partial charge < -0.3 is 9.80 Å². The fourth-order valence-corrected chi connectivity index (χ4v) is 4.14. The van der Waals surface area contributed by atoms with Gasteiger partial charge in [-0.25, -0.2) is 0 Å². The molecule has 0 unspecified atom stereocenters. The minimum absolute atomic E-state index is 0.146. The molecular weight excluding hydrogens is 308 g/mol. The third-order valence-corrected chi connectivity index (χ3v) is 5.76. The van der Waals surface area contributed by atoms with Gasteiger partial charge in [0.2, 0.25) is 11.8 Å². The first-order valence-corrected chi connectivity index (χ1v) is 9.43. The predicted octanol–water partition coefficient (Wildman–Crippen LogP) is 3.16. The largest absolute Gasteiger partial charge is 0.343 e. The molecule has 3 rings (SSSR count). The van der Waals surface area contributed by atoms with E-state index < -0.39 is 0 Å². The number of hydrogen-bond donors (Lipinski definition) is 0. The summed E-state index contributed by atoms with van der Waals surface area (Å²) in [6.07, 6.45) is 3.49. The van der Waals surface area contributed by atoms with Gasteiger partial charge in [-0.1, -0.05) is 19.1 Å². The van der Waals surface area contributed by atoms with Crippen molar-refractivity contribution in [1.29, 1.82) is 0 Å². The van der Waals surface area contributed by atoms with Crippen LogP contribution in [0.5, 0.6) is 0 Å². The van der Waals surface area contributed by atoms with Crippen LogP contribution in [-0.2, 0) is 9.59 Å². The Balaban J connectivity index is 1.52. The van der Waals surface area contributed by atoms with Crippen molar-refractivity contribution in [3.8, 4) is 0 Å². The van der Waals surface area contributed by atoms with E-state index in [4.69, 9.17) is 0 Å². The Labute approximate surface area is 142 Å². The lowest BCUT2D eigenvalue weighted by atomic mass is 9.99. The molecule has 1 saturated heterocycles. The van der Waals surface area contributed by atoms with Crippen LogP contribution in [0.4, 0.5) is 5.69 Å². The minimum Gasteiger partial charge on any atom is -0.343 e. The van der Waals surface area contributed by atoms with E-state index in [1.54, 1.807) is 11.8 Å². The van der Waals surface area contributed by atoms with E-state index in [9.17, 15) is 9.59 Å². The molecule has 4 nitrogen and oxygen atoms in total. The molecule has 2 heterocycles. The first kappa shape index (κ1) is 16.4. The molecule has 0 saturated carbocycles. The summed E-state index contributed by atoms with van der Waals surface area (Å²) in [6, 6.07) is 8.01. The highest BCUT2D eigenvalue weighted by atomic mass is 32.2. The Morgan fingerprint density at radius 2 is 2.00 bits per heavy atom. The Bertz CT molecular complexity index is 582. The zero-order valence-corrected chi connectivity index (χ0v) is 14.5. The molecule has 2 amide bonds. The minimum atomic E-state index is 0.146. The zero-order chi connectivity index (χ0) is 16.2. The van der Waals surface area contributed by atoms with Crippen LogP contribution >= 0.6 is 11.8 Å². The van der Waals surface area contributed by atoms with Crippen molar-refractivity contribution in [2.75, 3.05) is 30.3 Å². The van der Waals surface area contributed by atoms with E-state index in [0.29, 0.717) is 18.7 Å². The standard InChI is InChI=1S/C18H24N2O2S/c1-14-8-11-19(12-9-14)17(21)7-4-10-20-15-5-2-3-6-16(15)23-13-18(20)22/h2-3,5-6,14H,4,7-13H2,1H3. The molecule has 124 valence electrons. The van der Waals surface area contributed by atoms with E-state index in [0.717, 1.165) is 48.9 Å². The highest BCUT2D eigenvalue weighted by Crippen LogP contribution is 2.35. The first-order chi connectivity index (χ1) is 11.1. The smallest absolute Gasteiger partial charge is 0.237 e. The monoisotopic (exact) mass is 332 g/mol. The van der Waals surface area contributed by atoms with Crippen LogP contribution in [0.3, 0.4) is 0 Å². The van der Waals surface area contributed by atoms with Crippen LogP contribution in [0.25, 0.3) is 0 Å². The van der Waals surface area contributed by atoms with Crippen LogP contribution in [0.15, 0.2) is 29.2 Å². The number of benzene rings is 1. The Hall–Kier alpha value is -1.49. The second kappa shape index (κ2) is 7.39. The number of fused-ring (bicyclic) bond motifs is 1. The van der Waals surface area contributed by atoms with Crippen molar-refractivity contribution < 1.29 is 9.59 Å². The van der Waals surface area contributed by atoms with Crippen LogP contribution in [-0.4, -0.2) is 42.1 Å². The lowest BCUT2D eigenvalue weighted by Crippen LogP contribution is -2.39. The third kappa shape index (κ3) is 3.89. The average Bonchev–Trinajstić information content (AvgIpc) is 2.57. The number of rotatable bonds is 4. The summed E-state index contributed by atoms with van der Waals surface area (Å²) in [5, 5.41) is 0. The van der Waals surface area contributed by atoms with Gasteiger partial charge >= 0.3 is 0 Å². The lowest BCUT2D eigenvalue weighted by molar-refractivity contribution is -0.132. The fraction of sp³-hybridized carbons (Fsp3) is 0.556. The summed E-state index contributed by atoms with van der Waals surface area (Å²) in [7, 11) is 0. The quantitative estimate of drug-likeness (QED) is 0.850. The van der Waals surface area contributed by atoms with Crippen molar-refractivity contribution in [2.24, 2.45) is 5.92 Å². The molecule has 2 aliphatic rings. The number of carbonyl (C=O) groups is 2. The number of hydrogen-bond acceptors (Lipinski definition) is 3. The lowest BCUT2D eigenvalue weighted by Gasteiger charge is -2.31. The average molecular weight is 332 g/mol. The molecule has 0 bridgehead atoms. The molecule has 1 aromatic rings. The van der Waals surface area contributed by atoms with Crippen molar-refractivity contribution in [1.82, 2.24) is 4.90 Å². The number of carbonyl (C=O) groups excluding carboxylic acids is 2. The number of likely N-dealkylation sites (tertiary alicyclic amines) is 1. The summed E-state index contributed by atoms with van der Waals surface area (Å²) >= 11 is 1.60. The molecule has 1 aromatic carbocycles. The molecule has 0 N–H and O–H groups in total. The molecule has 5 heteroatoms. The van der Waals surface area contributed by atoms with E-state index in [-0.39, 0.29) is 11.8 Å². The van der Waals surface area contributed by atoms with Gasteiger partial charge in [0.25, 0.3) is 0 Å².